The Labute approximate surface area is 182 Å². The molecule has 0 spiro atoms. The van der Waals surface area contributed by atoms with Crippen LogP contribution in [0, 0.1) is 5.92 Å². The van der Waals surface area contributed by atoms with E-state index in [4.69, 9.17) is 14.2 Å². The molecule has 166 valence electrons. The summed E-state index contributed by atoms with van der Waals surface area (Å²) in [4.78, 5) is 26.9. The minimum atomic E-state index is -0.173. The van der Waals surface area contributed by atoms with Crippen molar-refractivity contribution in [3.8, 4) is 17.2 Å². The van der Waals surface area contributed by atoms with E-state index in [1.165, 1.54) is 0 Å². The Kier molecular flexibility index (Phi) is 7.59. The van der Waals surface area contributed by atoms with Gasteiger partial charge in [0.25, 0.3) is 5.91 Å². The molecule has 0 aromatic heterocycles. The van der Waals surface area contributed by atoms with Crippen LogP contribution < -0.4 is 24.8 Å². The van der Waals surface area contributed by atoms with E-state index in [0.29, 0.717) is 54.1 Å². The third-order valence-corrected chi connectivity index (χ3v) is 5.42. The zero-order valence-corrected chi connectivity index (χ0v) is 18.1. The third-order valence-electron chi connectivity index (χ3n) is 5.42. The number of likely N-dealkylation sites (tertiary alicyclic amines) is 1. The van der Waals surface area contributed by atoms with Crippen LogP contribution in [0.1, 0.15) is 23.2 Å². The molecule has 0 unspecified atom stereocenters. The lowest BCUT2D eigenvalue weighted by Gasteiger charge is -2.32. The molecule has 8 nitrogen and oxygen atoms in total. The van der Waals surface area contributed by atoms with Crippen molar-refractivity contribution >= 4 is 17.6 Å². The molecule has 1 saturated heterocycles. The number of amides is 3. The number of ether oxygens (including phenoxy) is 3. The second kappa shape index (κ2) is 10.6. The summed E-state index contributed by atoms with van der Waals surface area (Å²) in [5, 5.41) is 5.89. The zero-order valence-electron chi connectivity index (χ0n) is 18.1. The molecular weight excluding hydrogens is 398 g/mol. The molecule has 1 aliphatic heterocycles. The van der Waals surface area contributed by atoms with Crippen LogP contribution in [0.25, 0.3) is 0 Å². The van der Waals surface area contributed by atoms with Gasteiger partial charge in [0.05, 0.1) is 27.0 Å². The molecule has 3 rings (SSSR count). The summed E-state index contributed by atoms with van der Waals surface area (Å²) >= 11 is 0. The number of anilines is 1. The van der Waals surface area contributed by atoms with E-state index in [-0.39, 0.29) is 11.9 Å². The second-order valence-corrected chi connectivity index (χ2v) is 7.37. The minimum absolute atomic E-state index is 0.143. The average molecular weight is 428 g/mol. The monoisotopic (exact) mass is 427 g/mol. The Bertz CT molecular complexity index is 888. The number of hydrogen-bond donors (Lipinski definition) is 2. The highest BCUT2D eigenvalue weighted by Gasteiger charge is 2.24. The number of rotatable bonds is 7. The van der Waals surface area contributed by atoms with Gasteiger partial charge in [-0.1, -0.05) is 12.1 Å². The fraction of sp³-hybridized carbons (Fsp3) is 0.391. The van der Waals surface area contributed by atoms with Gasteiger partial charge in [-0.15, -0.1) is 0 Å². The fourth-order valence-electron chi connectivity index (χ4n) is 3.56. The lowest BCUT2D eigenvalue weighted by atomic mass is 9.97. The highest BCUT2D eigenvalue weighted by Crippen LogP contribution is 2.25. The van der Waals surface area contributed by atoms with Crippen LogP contribution in [0.3, 0.4) is 0 Å². The van der Waals surface area contributed by atoms with Crippen LogP contribution in [0.2, 0.25) is 0 Å². The minimum Gasteiger partial charge on any atom is -0.497 e. The van der Waals surface area contributed by atoms with Crippen LogP contribution in [0.5, 0.6) is 17.2 Å². The second-order valence-electron chi connectivity index (χ2n) is 7.37. The molecule has 1 fully saturated rings. The molecule has 0 saturated carbocycles. The first kappa shape index (κ1) is 22.3. The summed E-state index contributed by atoms with van der Waals surface area (Å²) in [5.74, 6) is 1.90. The first-order valence-electron chi connectivity index (χ1n) is 10.2. The summed E-state index contributed by atoms with van der Waals surface area (Å²) in [6.45, 7) is 1.82. The topological polar surface area (TPSA) is 89.1 Å². The third kappa shape index (κ3) is 5.81. The Hall–Kier alpha value is -3.42. The van der Waals surface area contributed by atoms with Gasteiger partial charge in [0.15, 0.2) is 0 Å². The number of piperidine rings is 1. The Morgan fingerprint density at radius 2 is 1.61 bits per heavy atom. The number of carbonyl (C=O) groups excluding carboxylic acids is 2. The van der Waals surface area contributed by atoms with Gasteiger partial charge in [-0.25, -0.2) is 4.79 Å². The van der Waals surface area contributed by atoms with Crippen molar-refractivity contribution in [3.63, 3.8) is 0 Å². The smallest absolute Gasteiger partial charge is 0.321 e. The molecule has 8 heteroatoms. The average Bonchev–Trinajstić information content (AvgIpc) is 2.82. The molecule has 1 heterocycles. The van der Waals surface area contributed by atoms with Crippen molar-refractivity contribution < 1.29 is 23.8 Å². The summed E-state index contributed by atoms with van der Waals surface area (Å²) in [6, 6.07) is 12.3. The normalized spacial score (nSPS) is 14.0. The summed E-state index contributed by atoms with van der Waals surface area (Å²) in [5.41, 5.74) is 1.14. The standard InChI is InChI=1S/C23H29N3O5/c1-29-18-12-17(13-19(14-18)30-2)22(27)24-15-16-8-10-26(11-9-16)23(28)25-20-6-4-5-7-21(20)31-3/h4-7,12-14,16H,8-11,15H2,1-3H3,(H,24,27)(H,25,28). The SMILES string of the molecule is COc1cc(OC)cc(C(=O)NCC2CCN(C(=O)Nc3ccccc3OC)CC2)c1. The molecule has 2 aromatic rings. The first-order chi connectivity index (χ1) is 15.0. The zero-order chi connectivity index (χ0) is 22.2. The van der Waals surface area contributed by atoms with Crippen LogP contribution >= 0.6 is 0 Å². The van der Waals surface area contributed by atoms with Crippen molar-refractivity contribution in [1.82, 2.24) is 10.2 Å². The number of nitrogens with one attached hydrogen (secondary N) is 2. The van der Waals surface area contributed by atoms with Crippen LogP contribution in [-0.2, 0) is 0 Å². The van der Waals surface area contributed by atoms with Crippen molar-refractivity contribution in [2.45, 2.75) is 12.8 Å². The van der Waals surface area contributed by atoms with Gasteiger partial charge < -0.3 is 29.7 Å². The summed E-state index contributed by atoms with van der Waals surface area (Å²) < 4.78 is 15.7. The van der Waals surface area contributed by atoms with Gasteiger partial charge in [0.1, 0.15) is 17.2 Å². The van der Waals surface area contributed by atoms with E-state index in [0.717, 1.165) is 12.8 Å². The lowest BCUT2D eigenvalue weighted by Crippen LogP contribution is -2.43. The maximum absolute atomic E-state index is 12.6. The van der Waals surface area contributed by atoms with E-state index in [1.54, 1.807) is 44.4 Å². The van der Waals surface area contributed by atoms with Crippen LogP contribution in [0.4, 0.5) is 10.5 Å². The highest BCUT2D eigenvalue weighted by atomic mass is 16.5. The van der Waals surface area contributed by atoms with E-state index < -0.39 is 0 Å². The van der Waals surface area contributed by atoms with Gasteiger partial charge in [0, 0.05) is 31.3 Å². The molecule has 0 radical (unpaired) electrons. The van der Waals surface area contributed by atoms with Gasteiger partial charge in [0.2, 0.25) is 0 Å². The number of methoxy groups -OCH3 is 3. The van der Waals surface area contributed by atoms with Crippen molar-refractivity contribution in [2.75, 3.05) is 46.3 Å². The number of nitrogens with zero attached hydrogens (tertiary/aromatic N) is 1. The molecule has 0 aliphatic carbocycles. The number of hydrogen-bond acceptors (Lipinski definition) is 5. The molecule has 2 N–H and O–H groups in total. The molecule has 1 aliphatic rings. The quantitative estimate of drug-likeness (QED) is 0.707. The number of para-hydroxylation sites is 2. The van der Waals surface area contributed by atoms with Crippen LogP contribution in [-0.4, -0.2) is 57.8 Å². The number of benzene rings is 2. The number of urea groups is 1. The maximum Gasteiger partial charge on any atom is 0.321 e. The van der Waals surface area contributed by atoms with Crippen molar-refractivity contribution in [1.29, 1.82) is 0 Å². The first-order valence-corrected chi connectivity index (χ1v) is 10.2. The molecule has 0 bridgehead atoms. The van der Waals surface area contributed by atoms with Crippen LogP contribution in [0.15, 0.2) is 42.5 Å². The molecule has 0 atom stereocenters. The highest BCUT2D eigenvalue weighted by molar-refractivity contribution is 5.95. The van der Waals surface area contributed by atoms with Crippen molar-refractivity contribution in [3.05, 3.63) is 48.0 Å². The largest absolute Gasteiger partial charge is 0.497 e. The lowest BCUT2D eigenvalue weighted by molar-refractivity contribution is 0.0938. The Morgan fingerprint density at radius 1 is 0.968 bits per heavy atom. The van der Waals surface area contributed by atoms with Gasteiger partial charge in [-0.2, -0.15) is 0 Å². The van der Waals surface area contributed by atoms with Gasteiger partial charge in [-0.3, -0.25) is 4.79 Å². The maximum atomic E-state index is 12.6. The number of carbonyl (C=O) groups is 2. The van der Waals surface area contributed by atoms with E-state index >= 15 is 0 Å². The van der Waals surface area contributed by atoms with E-state index in [9.17, 15) is 9.59 Å². The van der Waals surface area contributed by atoms with Crippen molar-refractivity contribution in [2.24, 2.45) is 5.92 Å². The summed E-state index contributed by atoms with van der Waals surface area (Å²) in [7, 11) is 4.68. The van der Waals surface area contributed by atoms with Gasteiger partial charge >= 0.3 is 6.03 Å². The van der Waals surface area contributed by atoms with E-state index in [2.05, 4.69) is 10.6 Å². The molecular formula is C23H29N3O5. The molecule has 3 amide bonds. The molecule has 2 aromatic carbocycles. The molecule has 31 heavy (non-hydrogen) atoms. The predicted molar refractivity (Wildman–Crippen MR) is 118 cm³/mol. The Balaban J connectivity index is 1.48. The van der Waals surface area contributed by atoms with E-state index in [1.807, 2.05) is 24.3 Å². The van der Waals surface area contributed by atoms with Gasteiger partial charge in [-0.05, 0) is 43.0 Å². The fourth-order valence-corrected chi connectivity index (χ4v) is 3.56. The Morgan fingerprint density at radius 3 is 2.23 bits per heavy atom. The predicted octanol–water partition coefficient (Wildman–Crippen LogP) is 3.39. The summed E-state index contributed by atoms with van der Waals surface area (Å²) in [6.07, 6.45) is 1.64.